The summed E-state index contributed by atoms with van der Waals surface area (Å²) in [5, 5.41) is 0.713. The molecule has 0 atom stereocenters. The summed E-state index contributed by atoms with van der Waals surface area (Å²) in [5.74, 6) is 0.457. The van der Waals surface area contributed by atoms with Crippen LogP contribution in [0.2, 0.25) is 0 Å². The zero-order chi connectivity index (χ0) is 12.7. The van der Waals surface area contributed by atoms with Crippen molar-refractivity contribution in [2.45, 2.75) is 13.8 Å². The van der Waals surface area contributed by atoms with E-state index in [9.17, 15) is 4.79 Å². The van der Waals surface area contributed by atoms with Crippen LogP contribution in [0.1, 0.15) is 11.4 Å². The van der Waals surface area contributed by atoms with Gasteiger partial charge in [0.05, 0.1) is 10.1 Å². The Morgan fingerprint density at radius 3 is 2.44 bits per heavy atom. The molecule has 0 spiro atoms. The second-order valence-corrected chi connectivity index (χ2v) is 5.13. The van der Waals surface area contributed by atoms with Gasteiger partial charge < -0.3 is 0 Å². The molecule has 0 aliphatic heterocycles. The predicted molar refractivity (Wildman–Crippen MR) is 72.5 cm³/mol. The fraction of sp³-hybridized carbons (Fsp3) is 0.154. The zero-order valence-electron chi connectivity index (χ0n) is 10.0. The molecule has 0 aliphatic rings. The topological polar surface area (TPSA) is 47.8 Å². The van der Waals surface area contributed by atoms with E-state index < -0.39 is 0 Å². The van der Waals surface area contributed by atoms with E-state index in [0.29, 0.717) is 11.3 Å². The van der Waals surface area contributed by atoms with Crippen LogP contribution in [0.25, 0.3) is 16.0 Å². The molecule has 0 aliphatic carbocycles. The second-order valence-electron chi connectivity index (χ2n) is 4.14. The van der Waals surface area contributed by atoms with Crippen LogP contribution in [-0.4, -0.2) is 13.9 Å². The maximum absolute atomic E-state index is 12.2. The minimum atomic E-state index is -0.0550. The lowest BCUT2D eigenvalue weighted by atomic mass is 10.3. The first-order valence-electron chi connectivity index (χ1n) is 5.59. The van der Waals surface area contributed by atoms with Gasteiger partial charge in [0.25, 0.3) is 5.56 Å². The number of aromatic nitrogens is 3. The van der Waals surface area contributed by atoms with Crippen LogP contribution in [0.4, 0.5) is 0 Å². The minimum Gasteiger partial charge on any atom is -0.267 e. The summed E-state index contributed by atoms with van der Waals surface area (Å²) < 4.78 is 2.50. The van der Waals surface area contributed by atoms with Crippen molar-refractivity contribution in [2.75, 3.05) is 0 Å². The van der Waals surface area contributed by atoms with Gasteiger partial charge in [-0.15, -0.1) is 0 Å². The lowest BCUT2D eigenvalue weighted by Gasteiger charge is -2.01. The highest BCUT2D eigenvalue weighted by molar-refractivity contribution is 7.14. The van der Waals surface area contributed by atoms with Crippen LogP contribution < -0.4 is 5.56 Å². The molecule has 4 nitrogen and oxygen atoms in total. The van der Waals surface area contributed by atoms with E-state index in [0.717, 1.165) is 16.1 Å². The Bertz CT molecular complexity index is 768. The van der Waals surface area contributed by atoms with Gasteiger partial charge in [0.1, 0.15) is 0 Å². The van der Waals surface area contributed by atoms with Crippen molar-refractivity contribution in [3.05, 3.63) is 52.1 Å². The molecule has 0 fully saturated rings. The molecule has 90 valence electrons. The van der Waals surface area contributed by atoms with Gasteiger partial charge in [-0.1, -0.05) is 12.1 Å². The molecule has 5 heteroatoms. The van der Waals surface area contributed by atoms with Gasteiger partial charge in [-0.05, 0) is 43.6 Å². The number of rotatable bonds is 1. The molecule has 3 rings (SSSR count). The molecule has 1 aromatic carbocycles. The maximum Gasteiger partial charge on any atom is 0.275 e. The number of benzene rings is 1. The lowest BCUT2D eigenvalue weighted by Crippen LogP contribution is -2.14. The number of fused-ring (bicyclic) bond motifs is 1. The quantitative estimate of drug-likeness (QED) is 0.672. The van der Waals surface area contributed by atoms with Gasteiger partial charge >= 0.3 is 0 Å². The summed E-state index contributed by atoms with van der Waals surface area (Å²) in [7, 11) is 0. The largest absolute Gasteiger partial charge is 0.275 e. The van der Waals surface area contributed by atoms with Gasteiger partial charge in [0, 0.05) is 11.4 Å². The Balaban J connectivity index is 2.31. The number of hydrogen-bond acceptors (Lipinski definition) is 4. The summed E-state index contributed by atoms with van der Waals surface area (Å²) in [6, 6.07) is 9.43. The zero-order valence-corrected chi connectivity index (χ0v) is 10.9. The molecule has 3 aromatic rings. The third-order valence-corrected chi connectivity index (χ3v) is 3.71. The minimum absolute atomic E-state index is 0.0550. The molecule has 2 aromatic heterocycles. The van der Waals surface area contributed by atoms with E-state index in [2.05, 4.69) is 9.97 Å². The van der Waals surface area contributed by atoms with Crippen molar-refractivity contribution < 1.29 is 0 Å². The van der Waals surface area contributed by atoms with Gasteiger partial charge in [0.15, 0.2) is 0 Å². The Morgan fingerprint density at radius 2 is 1.78 bits per heavy atom. The SMILES string of the molecule is Cc1cc(C)nc(-n2sc3ccccc3c2=O)n1. The number of hydrogen-bond donors (Lipinski definition) is 0. The van der Waals surface area contributed by atoms with Crippen molar-refractivity contribution in [1.29, 1.82) is 0 Å². The molecular formula is C13H11N3OS. The Morgan fingerprint density at radius 1 is 1.11 bits per heavy atom. The van der Waals surface area contributed by atoms with Crippen LogP contribution in [0.15, 0.2) is 35.1 Å². The van der Waals surface area contributed by atoms with Crippen LogP contribution in [-0.2, 0) is 0 Å². The molecule has 0 saturated carbocycles. The van der Waals surface area contributed by atoms with Gasteiger partial charge in [-0.25, -0.2) is 9.97 Å². The van der Waals surface area contributed by atoms with E-state index in [1.54, 1.807) is 3.96 Å². The first-order valence-corrected chi connectivity index (χ1v) is 6.36. The van der Waals surface area contributed by atoms with E-state index in [1.807, 2.05) is 44.2 Å². The van der Waals surface area contributed by atoms with Crippen molar-refractivity contribution in [1.82, 2.24) is 13.9 Å². The fourth-order valence-electron chi connectivity index (χ4n) is 1.90. The highest BCUT2D eigenvalue weighted by atomic mass is 32.1. The average Bonchev–Trinajstić information content (AvgIpc) is 2.66. The van der Waals surface area contributed by atoms with Gasteiger partial charge in [-0.2, -0.15) is 3.96 Å². The van der Waals surface area contributed by atoms with Crippen LogP contribution in [0.5, 0.6) is 0 Å². The van der Waals surface area contributed by atoms with Crippen molar-refractivity contribution in [3.63, 3.8) is 0 Å². The number of nitrogens with zero attached hydrogens (tertiary/aromatic N) is 3. The molecule has 0 radical (unpaired) electrons. The van der Waals surface area contributed by atoms with E-state index >= 15 is 0 Å². The lowest BCUT2D eigenvalue weighted by molar-refractivity contribution is 0.931. The predicted octanol–water partition coefficient (Wildman–Crippen LogP) is 2.46. The molecule has 0 saturated heterocycles. The summed E-state index contributed by atoms with van der Waals surface area (Å²) >= 11 is 1.37. The van der Waals surface area contributed by atoms with Crippen LogP contribution in [0, 0.1) is 13.8 Å². The second kappa shape index (κ2) is 4.03. The van der Waals surface area contributed by atoms with Crippen LogP contribution >= 0.6 is 11.5 Å². The summed E-state index contributed by atoms with van der Waals surface area (Å²) in [4.78, 5) is 20.9. The monoisotopic (exact) mass is 257 g/mol. The smallest absolute Gasteiger partial charge is 0.267 e. The molecule has 0 amide bonds. The summed E-state index contributed by atoms with van der Waals surface area (Å²) in [5.41, 5.74) is 1.67. The average molecular weight is 257 g/mol. The Hall–Kier alpha value is -2.01. The van der Waals surface area contributed by atoms with Crippen molar-refractivity contribution in [2.24, 2.45) is 0 Å². The molecule has 0 bridgehead atoms. The van der Waals surface area contributed by atoms with E-state index in [-0.39, 0.29) is 5.56 Å². The third-order valence-electron chi connectivity index (χ3n) is 2.64. The van der Waals surface area contributed by atoms with Gasteiger partial charge in [0.2, 0.25) is 5.95 Å². The highest BCUT2D eigenvalue weighted by Gasteiger charge is 2.11. The fourth-order valence-corrected chi connectivity index (χ4v) is 2.84. The first kappa shape index (κ1) is 11.1. The van der Waals surface area contributed by atoms with Gasteiger partial charge in [-0.3, -0.25) is 4.79 Å². The van der Waals surface area contributed by atoms with Crippen LogP contribution in [0.3, 0.4) is 0 Å². The summed E-state index contributed by atoms with van der Waals surface area (Å²) in [6.45, 7) is 3.80. The Kier molecular flexibility index (Phi) is 2.48. The normalized spacial score (nSPS) is 11.0. The third kappa shape index (κ3) is 1.73. The standard InChI is InChI=1S/C13H11N3OS/c1-8-7-9(2)15-13(14-8)16-12(17)10-5-3-4-6-11(10)18-16/h3-7H,1-2H3. The van der Waals surface area contributed by atoms with E-state index in [4.69, 9.17) is 0 Å². The molecule has 0 unspecified atom stereocenters. The molecule has 2 heterocycles. The maximum atomic E-state index is 12.2. The molecule has 0 N–H and O–H groups in total. The molecule has 18 heavy (non-hydrogen) atoms. The first-order chi connectivity index (χ1) is 8.65. The summed E-state index contributed by atoms with van der Waals surface area (Å²) in [6.07, 6.45) is 0. The Labute approximate surface area is 108 Å². The van der Waals surface area contributed by atoms with Crippen molar-refractivity contribution in [3.8, 4) is 5.95 Å². The van der Waals surface area contributed by atoms with Crippen molar-refractivity contribution >= 4 is 21.6 Å². The molecular weight excluding hydrogens is 246 g/mol. The van der Waals surface area contributed by atoms with E-state index in [1.165, 1.54) is 11.5 Å². The number of aryl methyl sites for hydroxylation is 2. The highest BCUT2D eigenvalue weighted by Crippen LogP contribution is 2.18.